The van der Waals surface area contributed by atoms with Crippen LogP contribution < -0.4 is 4.74 Å². The van der Waals surface area contributed by atoms with Crippen LogP contribution in [0.25, 0.3) is 5.65 Å². The fraction of sp³-hybridized carbons (Fsp3) is 0.143. The number of carbonyl (C=O) groups excluding carboxylic acids is 1. The maximum absolute atomic E-state index is 12.7. The lowest BCUT2D eigenvalue weighted by Gasteiger charge is -2.17. The van der Waals surface area contributed by atoms with E-state index in [1.54, 1.807) is 22.3 Å². The molecule has 0 aliphatic rings. The number of rotatable bonds is 6. The molecule has 3 heterocycles. The number of amides is 1. The van der Waals surface area contributed by atoms with Crippen LogP contribution in [0.5, 0.6) is 5.75 Å². The first-order valence-electron chi connectivity index (χ1n) is 8.61. The Bertz CT molecular complexity index is 1020. The summed E-state index contributed by atoms with van der Waals surface area (Å²) < 4.78 is 7.81. The molecule has 0 atom stereocenters. The molecular formula is C21H19N3O2S. The van der Waals surface area contributed by atoms with Gasteiger partial charge in [-0.1, -0.05) is 12.1 Å². The minimum atomic E-state index is -0.0284. The molecule has 0 saturated carbocycles. The van der Waals surface area contributed by atoms with Gasteiger partial charge >= 0.3 is 0 Å². The largest absolute Gasteiger partial charge is 0.487 e. The summed E-state index contributed by atoms with van der Waals surface area (Å²) in [7, 11) is 1.81. The molecule has 27 heavy (non-hydrogen) atoms. The fourth-order valence-electron chi connectivity index (χ4n) is 2.88. The number of thiophene rings is 1. The van der Waals surface area contributed by atoms with Crippen molar-refractivity contribution >= 4 is 22.9 Å². The Kier molecular flexibility index (Phi) is 4.89. The molecule has 0 bridgehead atoms. The molecule has 5 nitrogen and oxygen atoms in total. The number of imidazole rings is 1. The van der Waals surface area contributed by atoms with Crippen LogP contribution in [0.2, 0.25) is 0 Å². The first-order valence-corrected chi connectivity index (χ1v) is 9.55. The van der Waals surface area contributed by atoms with Crippen molar-refractivity contribution in [1.29, 1.82) is 0 Å². The number of hydrogen-bond acceptors (Lipinski definition) is 4. The molecule has 1 amide bonds. The van der Waals surface area contributed by atoms with Crippen LogP contribution in [0.1, 0.15) is 21.6 Å². The number of nitrogens with zero attached hydrogens (tertiary/aromatic N) is 3. The van der Waals surface area contributed by atoms with Crippen LogP contribution in [0.4, 0.5) is 0 Å². The van der Waals surface area contributed by atoms with Crippen LogP contribution in [0, 0.1) is 0 Å². The summed E-state index contributed by atoms with van der Waals surface area (Å²) in [4.78, 5) is 18.9. The zero-order valence-electron chi connectivity index (χ0n) is 14.9. The molecular weight excluding hydrogens is 358 g/mol. The summed E-state index contributed by atoms with van der Waals surface area (Å²) in [6.07, 6.45) is 3.90. The highest BCUT2D eigenvalue weighted by Gasteiger charge is 2.13. The van der Waals surface area contributed by atoms with Gasteiger partial charge in [-0.2, -0.15) is 11.3 Å². The van der Waals surface area contributed by atoms with E-state index in [1.807, 2.05) is 71.7 Å². The summed E-state index contributed by atoms with van der Waals surface area (Å²) in [5.41, 5.74) is 3.47. The highest BCUT2D eigenvalue weighted by Crippen LogP contribution is 2.18. The van der Waals surface area contributed by atoms with Gasteiger partial charge in [0.1, 0.15) is 18.0 Å². The van der Waals surface area contributed by atoms with Crippen molar-refractivity contribution < 1.29 is 9.53 Å². The lowest BCUT2D eigenvalue weighted by atomic mass is 10.2. The second kappa shape index (κ2) is 7.63. The van der Waals surface area contributed by atoms with Crippen molar-refractivity contribution in [3.05, 3.63) is 88.5 Å². The van der Waals surface area contributed by atoms with E-state index in [4.69, 9.17) is 4.74 Å². The lowest BCUT2D eigenvalue weighted by Crippen LogP contribution is -2.25. The molecule has 4 aromatic rings. The third kappa shape index (κ3) is 4.01. The Hall–Kier alpha value is -3.12. The molecule has 0 aliphatic heterocycles. The zero-order valence-corrected chi connectivity index (χ0v) is 15.7. The standard InChI is InChI=1S/C21H19N3O2S/c1-23(12-16-8-10-27-15-16)21(25)17-5-4-6-19(11-17)26-14-18-13-24-9-3-2-7-20(24)22-18/h2-11,13,15H,12,14H2,1H3. The maximum Gasteiger partial charge on any atom is 0.254 e. The highest BCUT2D eigenvalue weighted by atomic mass is 32.1. The number of carbonyl (C=O) groups is 1. The van der Waals surface area contributed by atoms with Crippen LogP contribution >= 0.6 is 11.3 Å². The normalized spacial score (nSPS) is 10.9. The third-order valence-corrected chi connectivity index (χ3v) is 4.96. The van der Waals surface area contributed by atoms with Crippen LogP contribution in [-0.2, 0) is 13.2 Å². The molecule has 0 unspecified atom stereocenters. The van der Waals surface area contributed by atoms with Gasteiger partial charge in [-0.05, 0) is 52.7 Å². The molecule has 6 heteroatoms. The Morgan fingerprint density at radius 2 is 2.15 bits per heavy atom. The molecule has 0 spiro atoms. The molecule has 0 radical (unpaired) electrons. The number of pyridine rings is 1. The first kappa shape index (κ1) is 17.3. The summed E-state index contributed by atoms with van der Waals surface area (Å²) in [6.45, 7) is 0.943. The topological polar surface area (TPSA) is 46.8 Å². The third-order valence-electron chi connectivity index (χ3n) is 4.23. The van der Waals surface area contributed by atoms with Crippen molar-refractivity contribution in [3.8, 4) is 5.75 Å². The molecule has 0 N–H and O–H groups in total. The van der Waals surface area contributed by atoms with Crippen molar-refractivity contribution in [2.24, 2.45) is 0 Å². The summed E-state index contributed by atoms with van der Waals surface area (Å²) >= 11 is 1.63. The number of hydrogen-bond donors (Lipinski definition) is 0. The van der Waals surface area contributed by atoms with Crippen LogP contribution in [-0.4, -0.2) is 27.2 Å². The highest BCUT2D eigenvalue weighted by molar-refractivity contribution is 7.07. The molecule has 136 valence electrons. The van der Waals surface area contributed by atoms with Gasteiger partial charge in [0.25, 0.3) is 5.91 Å². The second-order valence-corrected chi connectivity index (χ2v) is 7.09. The Labute approximate surface area is 161 Å². The number of aromatic nitrogens is 2. The zero-order chi connectivity index (χ0) is 18.6. The number of ether oxygens (including phenoxy) is 1. The quantitative estimate of drug-likeness (QED) is 0.505. The van der Waals surface area contributed by atoms with Gasteiger partial charge in [0.2, 0.25) is 0 Å². The van der Waals surface area contributed by atoms with Crippen LogP contribution in [0.3, 0.4) is 0 Å². The molecule has 1 aromatic carbocycles. The van der Waals surface area contributed by atoms with Gasteiger partial charge in [0.05, 0.1) is 5.69 Å². The van der Waals surface area contributed by atoms with Crippen molar-refractivity contribution in [3.63, 3.8) is 0 Å². The maximum atomic E-state index is 12.7. The molecule has 3 aromatic heterocycles. The first-order chi connectivity index (χ1) is 13.2. The minimum Gasteiger partial charge on any atom is -0.487 e. The number of fused-ring (bicyclic) bond motifs is 1. The Morgan fingerprint density at radius 3 is 2.96 bits per heavy atom. The van der Waals surface area contributed by atoms with Crippen molar-refractivity contribution in [1.82, 2.24) is 14.3 Å². The van der Waals surface area contributed by atoms with Gasteiger partial charge in [0.15, 0.2) is 0 Å². The monoisotopic (exact) mass is 377 g/mol. The SMILES string of the molecule is CN(Cc1ccsc1)C(=O)c1cccc(OCc2cn3ccccc3n2)c1. The van der Waals surface area contributed by atoms with E-state index < -0.39 is 0 Å². The van der Waals surface area contributed by atoms with Crippen molar-refractivity contribution in [2.75, 3.05) is 7.05 Å². The average molecular weight is 377 g/mol. The van der Waals surface area contributed by atoms with Gasteiger partial charge in [-0.3, -0.25) is 4.79 Å². The van der Waals surface area contributed by atoms with E-state index in [1.165, 1.54) is 0 Å². The molecule has 0 aliphatic carbocycles. The van der Waals surface area contributed by atoms with Crippen molar-refractivity contribution in [2.45, 2.75) is 13.2 Å². The van der Waals surface area contributed by atoms with Gasteiger partial charge < -0.3 is 14.0 Å². The van der Waals surface area contributed by atoms with E-state index in [-0.39, 0.29) is 5.91 Å². The number of benzene rings is 1. The second-order valence-electron chi connectivity index (χ2n) is 6.31. The summed E-state index contributed by atoms with van der Waals surface area (Å²) in [6, 6.07) is 15.2. The predicted molar refractivity (Wildman–Crippen MR) is 106 cm³/mol. The minimum absolute atomic E-state index is 0.0284. The van der Waals surface area contributed by atoms with Gasteiger partial charge in [-0.25, -0.2) is 4.98 Å². The lowest BCUT2D eigenvalue weighted by molar-refractivity contribution is 0.0784. The fourth-order valence-corrected chi connectivity index (χ4v) is 3.54. The van der Waals surface area contributed by atoms with Gasteiger partial charge in [-0.15, -0.1) is 0 Å². The predicted octanol–water partition coefficient (Wildman–Crippen LogP) is 4.25. The molecule has 0 saturated heterocycles. The van der Waals surface area contributed by atoms with E-state index >= 15 is 0 Å². The smallest absolute Gasteiger partial charge is 0.254 e. The summed E-state index contributed by atoms with van der Waals surface area (Å²) in [5, 5.41) is 4.07. The van der Waals surface area contributed by atoms with Crippen LogP contribution in [0.15, 0.2) is 71.7 Å². The Balaban J connectivity index is 1.43. The average Bonchev–Trinajstić information content (AvgIpc) is 3.35. The Morgan fingerprint density at radius 1 is 1.22 bits per heavy atom. The van der Waals surface area contributed by atoms with E-state index in [2.05, 4.69) is 10.4 Å². The van der Waals surface area contributed by atoms with E-state index in [0.717, 1.165) is 16.9 Å². The van der Waals surface area contributed by atoms with Gasteiger partial charge in [0, 0.05) is 31.5 Å². The molecule has 0 fully saturated rings. The van der Waals surface area contributed by atoms with E-state index in [0.29, 0.717) is 24.5 Å². The summed E-state index contributed by atoms with van der Waals surface area (Å²) in [5.74, 6) is 0.626. The van der Waals surface area contributed by atoms with E-state index in [9.17, 15) is 4.79 Å². The molecule has 4 rings (SSSR count).